The summed E-state index contributed by atoms with van der Waals surface area (Å²) in [6.07, 6.45) is 1.66. The molecule has 0 radical (unpaired) electrons. The van der Waals surface area contributed by atoms with Crippen LogP contribution in [0.1, 0.15) is 21.5 Å². The second-order valence-corrected chi connectivity index (χ2v) is 8.26. The fourth-order valence-electron chi connectivity index (χ4n) is 3.07. The monoisotopic (exact) mass is 524 g/mol. The molecule has 3 aromatic rings. The SMILES string of the molecule is O=C(O)c1ccc(/C=C2/N=C(c3ccccc3Br)N(c3cccc(Br)c3)C2=O)cc1. The maximum atomic E-state index is 13.3. The van der Waals surface area contributed by atoms with Crippen LogP contribution in [0.4, 0.5) is 5.69 Å². The molecule has 1 aliphatic heterocycles. The summed E-state index contributed by atoms with van der Waals surface area (Å²) in [7, 11) is 0. The average Bonchev–Trinajstić information content (AvgIpc) is 3.04. The van der Waals surface area contributed by atoms with Gasteiger partial charge in [0.15, 0.2) is 0 Å². The van der Waals surface area contributed by atoms with Gasteiger partial charge in [-0.3, -0.25) is 9.69 Å². The molecule has 5 nitrogen and oxygen atoms in total. The van der Waals surface area contributed by atoms with Crippen LogP contribution in [0, 0.1) is 0 Å². The zero-order chi connectivity index (χ0) is 21.3. The Kier molecular flexibility index (Phi) is 5.65. The van der Waals surface area contributed by atoms with Crippen LogP contribution in [0.5, 0.6) is 0 Å². The van der Waals surface area contributed by atoms with Crippen molar-refractivity contribution in [3.05, 3.63) is 104 Å². The van der Waals surface area contributed by atoms with Crippen LogP contribution in [0.25, 0.3) is 6.08 Å². The predicted octanol–water partition coefficient (Wildman–Crippen LogP) is 5.74. The Hall–Kier alpha value is -3.03. The molecule has 7 heteroatoms. The van der Waals surface area contributed by atoms with Crippen molar-refractivity contribution in [1.29, 1.82) is 0 Å². The quantitative estimate of drug-likeness (QED) is 0.441. The third kappa shape index (κ3) is 3.99. The molecule has 1 N–H and O–H groups in total. The number of aliphatic imine (C=N–C) groups is 1. The van der Waals surface area contributed by atoms with E-state index in [0.29, 0.717) is 17.1 Å². The Morgan fingerprint density at radius 2 is 1.70 bits per heavy atom. The van der Waals surface area contributed by atoms with E-state index < -0.39 is 5.97 Å². The van der Waals surface area contributed by atoms with E-state index >= 15 is 0 Å². The summed E-state index contributed by atoms with van der Waals surface area (Å²) in [6, 6.07) is 21.3. The molecule has 0 saturated heterocycles. The van der Waals surface area contributed by atoms with E-state index in [4.69, 9.17) is 5.11 Å². The first-order chi connectivity index (χ1) is 14.4. The Balaban J connectivity index is 1.82. The minimum Gasteiger partial charge on any atom is -0.478 e. The van der Waals surface area contributed by atoms with Crippen LogP contribution < -0.4 is 4.90 Å². The van der Waals surface area contributed by atoms with Gasteiger partial charge in [0.25, 0.3) is 5.91 Å². The number of amides is 1. The molecule has 0 bridgehead atoms. The minimum atomic E-state index is -0.999. The summed E-state index contributed by atoms with van der Waals surface area (Å²) in [5.41, 5.74) is 2.62. The molecule has 0 fully saturated rings. The summed E-state index contributed by atoms with van der Waals surface area (Å²) in [5.74, 6) is -0.749. The van der Waals surface area contributed by atoms with E-state index in [-0.39, 0.29) is 17.2 Å². The van der Waals surface area contributed by atoms with Gasteiger partial charge in [-0.2, -0.15) is 0 Å². The normalized spacial score (nSPS) is 14.9. The van der Waals surface area contributed by atoms with Gasteiger partial charge in [0.1, 0.15) is 11.5 Å². The zero-order valence-corrected chi connectivity index (χ0v) is 18.6. The minimum absolute atomic E-state index is 0.183. The van der Waals surface area contributed by atoms with Crippen molar-refractivity contribution in [3.63, 3.8) is 0 Å². The van der Waals surface area contributed by atoms with Gasteiger partial charge in [0.2, 0.25) is 0 Å². The van der Waals surface area contributed by atoms with Crippen LogP contribution in [0.2, 0.25) is 0 Å². The van der Waals surface area contributed by atoms with Gasteiger partial charge >= 0.3 is 5.97 Å². The molecule has 4 rings (SSSR count). The number of carbonyl (C=O) groups is 2. The third-order valence-electron chi connectivity index (χ3n) is 4.50. The van der Waals surface area contributed by atoms with E-state index in [9.17, 15) is 9.59 Å². The van der Waals surface area contributed by atoms with E-state index in [1.807, 2.05) is 48.5 Å². The number of halogens is 2. The smallest absolute Gasteiger partial charge is 0.335 e. The number of carbonyl (C=O) groups excluding carboxylic acids is 1. The van der Waals surface area contributed by atoms with Gasteiger partial charge in [-0.05, 0) is 48.0 Å². The van der Waals surface area contributed by atoms with Gasteiger partial charge < -0.3 is 5.11 Å². The highest BCUT2D eigenvalue weighted by atomic mass is 79.9. The van der Waals surface area contributed by atoms with E-state index in [1.165, 1.54) is 12.1 Å². The Morgan fingerprint density at radius 1 is 0.967 bits per heavy atom. The van der Waals surface area contributed by atoms with E-state index in [1.54, 1.807) is 23.1 Å². The van der Waals surface area contributed by atoms with Crippen molar-refractivity contribution in [2.75, 3.05) is 4.90 Å². The molecular weight excluding hydrogens is 512 g/mol. The molecule has 1 heterocycles. The average molecular weight is 526 g/mol. The van der Waals surface area contributed by atoms with Crippen molar-refractivity contribution in [2.45, 2.75) is 0 Å². The summed E-state index contributed by atoms with van der Waals surface area (Å²) in [4.78, 5) is 30.6. The van der Waals surface area contributed by atoms with E-state index in [0.717, 1.165) is 14.5 Å². The molecule has 0 atom stereocenters. The molecule has 0 unspecified atom stereocenters. The molecule has 148 valence electrons. The summed E-state index contributed by atoms with van der Waals surface area (Å²) in [5, 5.41) is 9.07. The van der Waals surface area contributed by atoms with Crippen molar-refractivity contribution in [2.24, 2.45) is 4.99 Å². The number of anilines is 1. The first-order valence-electron chi connectivity index (χ1n) is 8.93. The molecule has 1 amide bonds. The van der Waals surface area contributed by atoms with Crippen LogP contribution in [0.3, 0.4) is 0 Å². The van der Waals surface area contributed by atoms with Gasteiger partial charge in [0.05, 0.1) is 11.3 Å². The highest BCUT2D eigenvalue weighted by Crippen LogP contribution is 2.31. The number of nitrogens with zero attached hydrogens (tertiary/aromatic N) is 2. The number of hydrogen-bond donors (Lipinski definition) is 1. The maximum absolute atomic E-state index is 13.3. The first-order valence-corrected chi connectivity index (χ1v) is 10.5. The summed E-state index contributed by atoms with van der Waals surface area (Å²) >= 11 is 7.00. The van der Waals surface area contributed by atoms with Crippen molar-refractivity contribution < 1.29 is 14.7 Å². The Morgan fingerprint density at radius 3 is 2.37 bits per heavy atom. The number of rotatable bonds is 4. The lowest BCUT2D eigenvalue weighted by Gasteiger charge is -2.19. The van der Waals surface area contributed by atoms with Crippen LogP contribution in [0.15, 0.2) is 92.4 Å². The summed E-state index contributed by atoms with van der Waals surface area (Å²) < 4.78 is 1.67. The highest BCUT2D eigenvalue weighted by Gasteiger charge is 2.33. The molecule has 0 aromatic heterocycles. The van der Waals surface area contributed by atoms with Gasteiger partial charge in [0, 0.05) is 14.5 Å². The number of benzene rings is 3. The van der Waals surface area contributed by atoms with Crippen LogP contribution in [-0.4, -0.2) is 22.8 Å². The molecule has 30 heavy (non-hydrogen) atoms. The molecule has 3 aromatic carbocycles. The molecule has 0 aliphatic carbocycles. The second kappa shape index (κ2) is 8.38. The topological polar surface area (TPSA) is 70.0 Å². The molecule has 1 aliphatic rings. The lowest BCUT2D eigenvalue weighted by atomic mass is 10.1. The lowest BCUT2D eigenvalue weighted by molar-refractivity contribution is -0.113. The molecule has 0 saturated carbocycles. The number of carboxylic acid groups (broad SMARTS) is 1. The third-order valence-corrected chi connectivity index (χ3v) is 5.69. The molecule has 0 spiro atoms. The van der Waals surface area contributed by atoms with Gasteiger partial charge in [-0.25, -0.2) is 9.79 Å². The molecular formula is C23H14Br2N2O3. The highest BCUT2D eigenvalue weighted by molar-refractivity contribution is 9.10. The van der Waals surface area contributed by atoms with Crippen LogP contribution in [-0.2, 0) is 4.79 Å². The van der Waals surface area contributed by atoms with Crippen LogP contribution >= 0.6 is 31.9 Å². The second-order valence-electron chi connectivity index (χ2n) is 6.49. The number of hydrogen-bond acceptors (Lipinski definition) is 3. The fraction of sp³-hybridized carbons (Fsp3) is 0. The van der Waals surface area contributed by atoms with Crippen molar-refractivity contribution >= 4 is 61.3 Å². The number of carboxylic acids is 1. The zero-order valence-electron chi connectivity index (χ0n) is 15.4. The Labute approximate surface area is 189 Å². The maximum Gasteiger partial charge on any atom is 0.335 e. The lowest BCUT2D eigenvalue weighted by Crippen LogP contribution is -2.32. The predicted molar refractivity (Wildman–Crippen MR) is 124 cm³/mol. The summed E-state index contributed by atoms with van der Waals surface area (Å²) in [6.45, 7) is 0. The van der Waals surface area contributed by atoms with Gasteiger partial charge in [-0.15, -0.1) is 0 Å². The number of aromatic carboxylic acids is 1. The largest absolute Gasteiger partial charge is 0.478 e. The standard InChI is InChI=1S/C23H14Br2N2O3/c24-16-4-3-5-17(13-16)27-21(18-6-1-2-7-19(18)25)26-20(22(27)28)12-14-8-10-15(11-9-14)23(29)30/h1-13H,(H,29,30)/b20-12+. The Bertz CT molecular complexity index is 1220. The van der Waals surface area contributed by atoms with E-state index in [2.05, 4.69) is 36.9 Å². The fourth-order valence-corrected chi connectivity index (χ4v) is 3.92. The van der Waals surface area contributed by atoms with Crippen molar-refractivity contribution in [1.82, 2.24) is 0 Å². The first kappa shape index (κ1) is 20.3. The van der Waals surface area contributed by atoms with Gasteiger partial charge in [-0.1, -0.05) is 68.3 Å². The number of amidine groups is 1. The van der Waals surface area contributed by atoms with Crippen molar-refractivity contribution in [3.8, 4) is 0 Å².